The first-order valence-electron chi connectivity index (χ1n) is 11.8. The van der Waals surface area contributed by atoms with Crippen molar-refractivity contribution in [1.29, 1.82) is 0 Å². The van der Waals surface area contributed by atoms with Gasteiger partial charge in [-0.1, -0.05) is 60.1 Å². The molecule has 35 heavy (non-hydrogen) atoms. The molecule has 180 valence electrons. The molecule has 2 heterocycles. The van der Waals surface area contributed by atoms with Gasteiger partial charge in [-0.15, -0.1) is 0 Å². The summed E-state index contributed by atoms with van der Waals surface area (Å²) in [5, 5.41) is 0.485. The maximum absolute atomic E-state index is 6.58. The maximum atomic E-state index is 6.58. The number of aromatic nitrogens is 2. The number of halogens is 1. The molecule has 1 aliphatic heterocycles. The zero-order chi connectivity index (χ0) is 24.0. The van der Waals surface area contributed by atoms with Crippen LogP contribution in [-0.2, 0) is 19.6 Å². The highest BCUT2D eigenvalue weighted by Crippen LogP contribution is 2.32. The molecule has 3 aromatic carbocycles. The number of nitrogens with one attached hydrogen (secondary N) is 1. The van der Waals surface area contributed by atoms with Gasteiger partial charge in [0.05, 0.1) is 12.3 Å². The third kappa shape index (κ3) is 5.78. The van der Waals surface area contributed by atoms with Crippen molar-refractivity contribution in [2.75, 3.05) is 19.8 Å². The molecule has 0 radical (unpaired) electrons. The molecule has 0 amide bonds. The number of rotatable bonds is 9. The van der Waals surface area contributed by atoms with Crippen LogP contribution in [0, 0.1) is 0 Å². The van der Waals surface area contributed by atoms with E-state index in [9.17, 15) is 0 Å². The smallest absolute Gasteiger partial charge is 0.161 e. The molecular formula is C28H28ClN3O3. The highest BCUT2D eigenvalue weighted by atomic mass is 35.5. The Hall–Kier alpha value is -3.48. The maximum Gasteiger partial charge on any atom is 0.161 e. The van der Waals surface area contributed by atoms with Gasteiger partial charge < -0.3 is 19.2 Å². The van der Waals surface area contributed by atoms with Crippen molar-refractivity contribution in [1.82, 2.24) is 14.9 Å². The van der Waals surface area contributed by atoms with Gasteiger partial charge in [0.25, 0.3) is 0 Å². The number of hydrogen-bond acceptors (Lipinski definition) is 5. The lowest BCUT2D eigenvalue weighted by Crippen LogP contribution is -2.23. The molecule has 0 fully saturated rings. The molecule has 4 aromatic rings. The zero-order valence-corrected chi connectivity index (χ0v) is 20.4. The van der Waals surface area contributed by atoms with E-state index in [2.05, 4.69) is 39.1 Å². The average Bonchev–Trinajstić information content (AvgIpc) is 3.25. The van der Waals surface area contributed by atoms with Crippen LogP contribution in [0.25, 0.3) is 11.4 Å². The van der Waals surface area contributed by atoms with Gasteiger partial charge >= 0.3 is 0 Å². The van der Waals surface area contributed by atoms with Gasteiger partial charge in [-0.25, -0.2) is 4.98 Å². The largest absolute Gasteiger partial charge is 0.494 e. The Morgan fingerprint density at radius 2 is 1.66 bits per heavy atom. The van der Waals surface area contributed by atoms with Crippen molar-refractivity contribution >= 4 is 11.6 Å². The van der Waals surface area contributed by atoms with Gasteiger partial charge in [-0.2, -0.15) is 0 Å². The lowest BCUT2D eigenvalue weighted by molar-refractivity contribution is 0.171. The van der Waals surface area contributed by atoms with Gasteiger partial charge in [-0.05, 0) is 42.3 Å². The van der Waals surface area contributed by atoms with Crippen molar-refractivity contribution in [3.05, 3.63) is 94.8 Å². The summed E-state index contributed by atoms with van der Waals surface area (Å²) in [6.07, 6.45) is 0. The third-order valence-corrected chi connectivity index (χ3v) is 6.10. The average molecular weight is 490 g/mol. The van der Waals surface area contributed by atoms with E-state index >= 15 is 0 Å². The summed E-state index contributed by atoms with van der Waals surface area (Å²) in [6.45, 7) is 5.79. The van der Waals surface area contributed by atoms with Gasteiger partial charge in [0.2, 0.25) is 0 Å². The van der Waals surface area contributed by atoms with Crippen LogP contribution in [0.1, 0.15) is 23.7 Å². The molecule has 0 spiro atoms. The zero-order valence-electron chi connectivity index (χ0n) is 19.7. The first-order valence-corrected chi connectivity index (χ1v) is 12.2. The van der Waals surface area contributed by atoms with Crippen LogP contribution < -0.4 is 14.2 Å². The monoisotopic (exact) mass is 489 g/mol. The molecule has 0 unspecified atom stereocenters. The van der Waals surface area contributed by atoms with Gasteiger partial charge in [0.1, 0.15) is 24.8 Å². The topological polar surface area (TPSA) is 59.6 Å². The summed E-state index contributed by atoms with van der Waals surface area (Å²) in [5.74, 6) is 3.22. The first-order chi connectivity index (χ1) is 17.2. The molecule has 5 rings (SSSR count). The van der Waals surface area contributed by atoms with Crippen molar-refractivity contribution in [2.24, 2.45) is 0 Å². The summed E-state index contributed by atoms with van der Waals surface area (Å²) in [7, 11) is 0. The number of fused-ring (bicyclic) bond motifs is 1. The SMILES string of the molecule is CCOc1cccc(CN(Cc2ccc3c(c2)OCCO3)Cc2[nH]c(-c3ccccc3)nc2Cl)c1. The second-order valence-electron chi connectivity index (χ2n) is 8.42. The standard InChI is InChI=1S/C28H28ClN3O3/c1-2-33-23-10-6-7-20(15-23)17-32(18-21-11-12-25-26(16-21)35-14-13-34-25)19-24-27(29)31-28(30-24)22-8-4-3-5-9-22/h3-12,15-16H,2,13-14,17-19H2,1H3,(H,30,31). The van der Waals surface area contributed by atoms with E-state index in [1.807, 2.05) is 55.5 Å². The number of nitrogens with zero attached hydrogens (tertiary/aromatic N) is 2. The van der Waals surface area contributed by atoms with Crippen molar-refractivity contribution in [3.8, 4) is 28.6 Å². The number of H-pyrrole nitrogens is 1. The Morgan fingerprint density at radius 3 is 2.46 bits per heavy atom. The van der Waals surface area contributed by atoms with Crippen LogP contribution >= 0.6 is 11.6 Å². The molecule has 0 saturated heterocycles. The van der Waals surface area contributed by atoms with Crippen LogP contribution in [0.15, 0.2) is 72.8 Å². The van der Waals surface area contributed by atoms with E-state index in [1.165, 1.54) is 0 Å². The molecule has 1 aliphatic rings. The first kappa shape index (κ1) is 23.3. The Kier molecular flexibility index (Phi) is 7.21. The van der Waals surface area contributed by atoms with E-state index < -0.39 is 0 Å². The van der Waals surface area contributed by atoms with Gasteiger partial charge in [-0.3, -0.25) is 4.90 Å². The van der Waals surface area contributed by atoms with Crippen LogP contribution in [0.3, 0.4) is 0 Å². The quantitative estimate of drug-likeness (QED) is 0.307. The molecule has 6 nitrogen and oxygen atoms in total. The number of aromatic amines is 1. The number of hydrogen-bond donors (Lipinski definition) is 1. The van der Waals surface area contributed by atoms with Crippen LogP contribution in [0.5, 0.6) is 17.2 Å². The van der Waals surface area contributed by atoms with Gasteiger partial charge in [0.15, 0.2) is 16.7 Å². The Labute approximate surface area is 210 Å². The highest BCUT2D eigenvalue weighted by molar-refractivity contribution is 6.30. The fourth-order valence-corrected chi connectivity index (χ4v) is 4.41. The summed E-state index contributed by atoms with van der Waals surface area (Å²) in [6, 6.07) is 24.3. The van der Waals surface area contributed by atoms with E-state index in [4.69, 9.17) is 25.8 Å². The van der Waals surface area contributed by atoms with Crippen LogP contribution in [-0.4, -0.2) is 34.7 Å². The second-order valence-corrected chi connectivity index (χ2v) is 8.78. The fourth-order valence-electron chi connectivity index (χ4n) is 4.22. The molecule has 7 heteroatoms. The van der Waals surface area contributed by atoms with Crippen LogP contribution in [0.2, 0.25) is 5.15 Å². The Balaban J connectivity index is 1.41. The van der Waals surface area contributed by atoms with Gasteiger partial charge in [0, 0.05) is 25.2 Å². The molecule has 0 saturated carbocycles. The minimum Gasteiger partial charge on any atom is -0.494 e. The number of ether oxygens (including phenoxy) is 3. The molecule has 1 N–H and O–H groups in total. The predicted octanol–water partition coefficient (Wildman–Crippen LogP) is 6.10. The van der Waals surface area contributed by atoms with E-state index in [0.29, 0.717) is 44.6 Å². The summed E-state index contributed by atoms with van der Waals surface area (Å²) in [4.78, 5) is 10.3. The van der Waals surface area contributed by atoms with E-state index in [0.717, 1.165) is 45.5 Å². The van der Waals surface area contributed by atoms with Crippen molar-refractivity contribution < 1.29 is 14.2 Å². The minimum atomic E-state index is 0.485. The fraction of sp³-hybridized carbons (Fsp3) is 0.250. The lowest BCUT2D eigenvalue weighted by atomic mass is 10.1. The van der Waals surface area contributed by atoms with Crippen molar-refractivity contribution in [3.63, 3.8) is 0 Å². The molecule has 0 aliphatic carbocycles. The van der Waals surface area contributed by atoms with Crippen molar-refractivity contribution in [2.45, 2.75) is 26.6 Å². The second kappa shape index (κ2) is 10.8. The number of imidazole rings is 1. The molecule has 1 aromatic heterocycles. The third-order valence-electron chi connectivity index (χ3n) is 5.79. The van der Waals surface area contributed by atoms with E-state index in [-0.39, 0.29) is 0 Å². The summed E-state index contributed by atoms with van der Waals surface area (Å²) >= 11 is 6.58. The predicted molar refractivity (Wildman–Crippen MR) is 137 cm³/mol. The highest BCUT2D eigenvalue weighted by Gasteiger charge is 2.17. The lowest BCUT2D eigenvalue weighted by Gasteiger charge is -2.24. The van der Waals surface area contributed by atoms with Crippen LogP contribution in [0.4, 0.5) is 0 Å². The summed E-state index contributed by atoms with van der Waals surface area (Å²) < 4.78 is 17.2. The molecular weight excluding hydrogens is 462 g/mol. The Bertz CT molecular complexity index is 1280. The number of benzene rings is 3. The normalized spacial score (nSPS) is 12.7. The minimum absolute atomic E-state index is 0.485. The summed E-state index contributed by atoms with van der Waals surface area (Å²) in [5.41, 5.74) is 4.18. The molecule has 0 atom stereocenters. The Morgan fingerprint density at radius 1 is 0.886 bits per heavy atom. The molecule has 0 bridgehead atoms. The van der Waals surface area contributed by atoms with E-state index in [1.54, 1.807) is 0 Å².